The quantitative estimate of drug-likeness (QED) is 0.184. The van der Waals surface area contributed by atoms with Gasteiger partial charge in [-0.1, -0.05) is 0 Å². The van der Waals surface area contributed by atoms with Crippen molar-refractivity contribution < 1.29 is 39.0 Å². The average molecular weight is 493 g/mol. The first-order valence-electron chi connectivity index (χ1n) is 9.90. The first-order valence-corrected chi connectivity index (χ1v) is 11.2. The van der Waals surface area contributed by atoms with Crippen LogP contribution in [0.3, 0.4) is 0 Å². The largest absolute Gasteiger partial charge is 0.481 e. The third kappa shape index (κ3) is 10.2. The fourth-order valence-corrected chi connectivity index (χ4v) is 3.51. The van der Waals surface area contributed by atoms with E-state index in [1.807, 2.05) is 0 Å². The summed E-state index contributed by atoms with van der Waals surface area (Å²) < 4.78 is 0. The second-order valence-electron chi connectivity index (χ2n) is 7.29. The Balaban J connectivity index is 3.12. The molecule has 4 amide bonds. The molecule has 1 aliphatic heterocycles. The van der Waals surface area contributed by atoms with Crippen LogP contribution in [-0.2, 0) is 28.8 Å². The van der Waals surface area contributed by atoms with Crippen LogP contribution >= 0.6 is 25.3 Å². The summed E-state index contributed by atoms with van der Waals surface area (Å²) in [5.74, 6) is -4.90. The molecule has 1 aliphatic rings. The zero-order valence-electron chi connectivity index (χ0n) is 17.2. The van der Waals surface area contributed by atoms with Crippen LogP contribution in [0.2, 0.25) is 0 Å². The van der Waals surface area contributed by atoms with Crippen molar-refractivity contribution in [1.29, 1.82) is 0 Å². The molecule has 4 atom stereocenters. The van der Waals surface area contributed by atoms with Gasteiger partial charge in [0.05, 0.1) is 0 Å². The number of rotatable bonds is 8. The van der Waals surface area contributed by atoms with Crippen LogP contribution in [0.5, 0.6) is 0 Å². The van der Waals surface area contributed by atoms with Crippen LogP contribution in [0.1, 0.15) is 38.5 Å². The minimum atomic E-state index is -1.11. The predicted molar refractivity (Wildman–Crippen MR) is 118 cm³/mol. The van der Waals surface area contributed by atoms with Crippen LogP contribution in [0.15, 0.2) is 0 Å². The third-order valence-electron chi connectivity index (χ3n) is 4.64. The van der Waals surface area contributed by atoms with Gasteiger partial charge in [-0.05, 0) is 12.8 Å². The van der Waals surface area contributed by atoms with E-state index in [0.29, 0.717) is 0 Å². The number of thiol groups is 2. The molecule has 1 heterocycles. The number of carboxylic acids is 2. The maximum Gasteiger partial charge on any atom is 0.303 e. The van der Waals surface area contributed by atoms with Gasteiger partial charge < -0.3 is 31.5 Å². The molecule has 32 heavy (non-hydrogen) atoms. The molecule has 1 fully saturated rings. The van der Waals surface area contributed by atoms with E-state index >= 15 is 0 Å². The molecule has 14 heteroatoms. The van der Waals surface area contributed by atoms with Gasteiger partial charge in [0.2, 0.25) is 23.6 Å². The van der Waals surface area contributed by atoms with Crippen LogP contribution < -0.4 is 21.3 Å². The van der Waals surface area contributed by atoms with Crippen molar-refractivity contribution in [3.8, 4) is 0 Å². The fraction of sp³-hybridized carbons (Fsp3) is 0.667. The molecule has 0 aromatic carbocycles. The summed E-state index contributed by atoms with van der Waals surface area (Å²) in [5.41, 5.74) is 0. The highest BCUT2D eigenvalue weighted by Crippen LogP contribution is 2.08. The van der Waals surface area contributed by atoms with Gasteiger partial charge in [-0.25, -0.2) is 0 Å². The second kappa shape index (κ2) is 13.8. The normalized spacial score (nSPS) is 25.6. The highest BCUT2D eigenvalue weighted by molar-refractivity contribution is 7.80. The van der Waals surface area contributed by atoms with Crippen molar-refractivity contribution in [2.75, 3.05) is 11.5 Å². The number of aliphatic carboxylic acids is 2. The van der Waals surface area contributed by atoms with Crippen molar-refractivity contribution in [2.24, 2.45) is 0 Å². The number of nitrogens with one attached hydrogen (secondary N) is 4. The lowest BCUT2D eigenvalue weighted by Crippen LogP contribution is -2.55. The summed E-state index contributed by atoms with van der Waals surface area (Å²) in [6.45, 7) is 0. The first kappa shape index (κ1) is 27.6. The molecule has 1 saturated heterocycles. The van der Waals surface area contributed by atoms with Gasteiger partial charge in [-0.15, -0.1) is 0 Å². The lowest BCUT2D eigenvalue weighted by atomic mass is 10.0. The highest BCUT2D eigenvalue weighted by Gasteiger charge is 2.29. The maximum absolute atomic E-state index is 12.6. The molecule has 0 unspecified atom stereocenters. The van der Waals surface area contributed by atoms with E-state index in [9.17, 15) is 28.8 Å². The molecular formula is C18H28N4O8S2. The summed E-state index contributed by atoms with van der Waals surface area (Å²) in [6, 6.07) is -3.86. The molecule has 0 aliphatic carbocycles. The number of carboxylic acid groups (broad SMARTS) is 2. The van der Waals surface area contributed by atoms with E-state index in [4.69, 9.17) is 10.2 Å². The Kier molecular flexibility index (Phi) is 11.9. The summed E-state index contributed by atoms with van der Waals surface area (Å²) >= 11 is 8.10. The first-order chi connectivity index (χ1) is 15.0. The molecule has 0 bridgehead atoms. The van der Waals surface area contributed by atoms with E-state index in [2.05, 4.69) is 46.5 Å². The van der Waals surface area contributed by atoms with E-state index in [-0.39, 0.29) is 50.0 Å². The minimum absolute atomic E-state index is 0.0449. The summed E-state index contributed by atoms with van der Waals surface area (Å²) in [5, 5.41) is 27.9. The zero-order valence-corrected chi connectivity index (χ0v) is 19.0. The average Bonchev–Trinajstić information content (AvgIpc) is 2.71. The SMILES string of the molecule is O=C(O)CC[C@H]1CC(=O)N[C@@H](CS)C(=O)N[C@@H](CCC(=O)O)CC(=O)N[C@@H](CS)C(=O)N1. The monoisotopic (exact) mass is 492 g/mol. The summed E-state index contributed by atoms with van der Waals surface area (Å²) in [4.78, 5) is 71.9. The van der Waals surface area contributed by atoms with E-state index < -0.39 is 59.7 Å². The predicted octanol–water partition coefficient (Wildman–Crippen LogP) is -1.69. The fourth-order valence-electron chi connectivity index (χ4n) is 2.99. The number of hydrogen-bond donors (Lipinski definition) is 8. The number of amides is 4. The lowest BCUT2D eigenvalue weighted by Gasteiger charge is -2.26. The van der Waals surface area contributed by atoms with Crippen molar-refractivity contribution in [3.05, 3.63) is 0 Å². The van der Waals surface area contributed by atoms with E-state index in [1.54, 1.807) is 0 Å². The van der Waals surface area contributed by atoms with Gasteiger partial charge in [0.1, 0.15) is 12.1 Å². The molecular weight excluding hydrogens is 464 g/mol. The second-order valence-corrected chi connectivity index (χ2v) is 8.02. The molecule has 6 N–H and O–H groups in total. The Morgan fingerprint density at radius 1 is 0.719 bits per heavy atom. The van der Waals surface area contributed by atoms with Crippen LogP contribution in [-0.4, -0.2) is 81.5 Å². The minimum Gasteiger partial charge on any atom is -0.481 e. The Hall–Kier alpha value is -2.48. The molecule has 0 aromatic heterocycles. The molecule has 0 saturated carbocycles. The van der Waals surface area contributed by atoms with Crippen LogP contribution in [0, 0.1) is 0 Å². The molecule has 0 spiro atoms. The Labute approximate surface area is 195 Å². The zero-order chi connectivity index (χ0) is 24.3. The maximum atomic E-state index is 12.6. The van der Waals surface area contributed by atoms with E-state index in [0.717, 1.165) is 0 Å². The molecule has 180 valence electrons. The van der Waals surface area contributed by atoms with Crippen LogP contribution in [0.25, 0.3) is 0 Å². The smallest absolute Gasteiger partial charge is 0.303 e. The van der Waals surface area contributed by atoms with Crippen molar-refractivity contribution in [1.82, 2.24) is 21.3 Å². The Morgan fingerprint density at radius 2 is 1.06 bits per heavy atom. The van der Waals surface area contributed by atoms with Gasteiger partial charge in [0.15, 0.2) is 0 Å². The van der Waals surface area contributed by atoms with E-state index in [1.165, 1.54) is 0 Å². The number of carbonyl (C=O) groups excluding carboxylic acids is 4. The third-order valence-corrected chi connectivity index (χ3v) is 5.37. The Morgan fingerprint density at radius 3 is 1.34 bits per heavy atom. The standard InChI is InChI=1S/C18H28N4O8S2/c23-13-5-9(1-3-15(25)26)19-17(29)11(7-31)22-14(24)6-10(2-4-16(27)28)20-18(30)12(8-32)21-13/h9-12,31-32H,1-8H2,(H,19,29)(H,20,30)(H,21,23)(H,22,24)(H,25,26)(H,27,28)/t9-,10-,11-,12-/m0/s1. The lowest BCUT2D eigenvalue weighted by molar-refractivity contribution is -0.138. The number of carbonyl (C=O) groups is 6. The molecule has 0 aromatic rings. The van der Waals surface area contributed by atoms with Gasteiger partial charge in [0.25, 0.3) is 0 Å². The van der Waals surface area contributed by atoms with Gasteiger partial charge in [-0.3, -0.25) is 28.8 Å². The number of hydrogen-bond acceptors (Lipinski definition) is 8. The highest BCUT2D eigenvalue weighted by atomic mass is 32.1. The molecule has 12 nitrogen and oxygen atoms in total. The van der Waals surface area contributed by atoms with Crippen molar-refractivity contribution in [2.45, 2.75) is 62.7 Å². The van der Waals surface area contributed by atoms with Gasteiger partial charge in [0, 0.05) is 49.3 Å². The summed E-state index contributed by atoms with van der Waals surface area (Å²) in [6.07, 6.45) is -1.30. The van der Waals surface area contributed by atoms with Gasteiger partial charge in [-0.2, -0.15) is 25.3 Å². The Bertz CT molecular complexity index is 676. The van der Waals surface area contributed by atoms with Crippen molar-refractivity contribution >= 4 is 60.8 Å². The van der Waals surface area contributed by atoms with Crippen molar-refractivity contribution in [3.63, 3.8) is 0 Å². The molecule has 0 radical (unpaired) electrons. The van der Waals surface area contributed by atoms with Crippen LogP contribution in [0.4, 0.5) is 0 Å². The summed E-state index contributed by atoms with van der Waals surface area (Å²) in [7, 11) is 0. The van der Waals surface area contributed by atoms with Gasteiger partial charge >= 0.3 is 11.9 Å². The topological polar surface area (TPSA) is 191 Å². The molecule has 1 rings (SSSR count).